The molecule has 6 nitrogen and oxygen atoms in total. The van der Waals surface area contributed by atoms with Crippen LogP contribution in [0.3, 0.4) is 0 Å². The van der Waals surface area contributed by atoms with Crippen LogP contribution in [-0.4, -0.2) is 53.3 Å². The molecule has 0 radical (unpaired) electrons. The minimum absolute atomic E-state index is 0.0129. The molecule has 2 amide bonds. The molecule has 0 aromatic rings. The van der Waals surface area contributed by atoms with Crippen LogP contribution >= 0.6 is 0 Å². The second kappa shape index (κ2) is 5.24. The topological polar surface area (TPSA) is 78.9 Å². The van der Waals surface area contributed by atoms with Crippen LogP contribution in [0.2, 0.25) is 0 Å². The maximum Gasteiger partial charge on any atom is 0.410 e. The number of aliphatic hydroxyl groups excluding tert-OH is 1. The fourth-order valence-corrected chi connectivity index (χ4v) is 2.90. The van der Waals surface area contributed by atoms with Gasteiger partial charge in [0, 0.05) is 31.5 Å². The van der Waals surface area contributed by atoms with Crippen molar-refractivity contribution >= 4 is 12.0 Å². The smallest absolute Gasteiger partial charge is 0.410 e. The molecule has 20 heavy (non-hydrogen) atoms. The van der Waals surface area contributed by atoms with Crippen LogP contribution in [0, 0.1) is 5.41 Å². The van der Waals surface area contributed by atoms with Gasteiger partial charge in [0.25, 0.3) is 0 Å². The summed E-state index contributed by atoms with van der Waals surface area (Å²) in [6.45, 7) is 6.88. The van der Waals surface area contributed by atoms with Gasteiger partial charge in [-0.2, -0.15) is 0 Å². The van der Waals surface area contributed by atoms with Crippen molar-refractivity contribution in [3.05, 3.63) is 0 Å². The van der Waals surface area contributed by atoms with Gasteiger partial charge in [-0.3, -0.25) is 4.79 Å². The summed E-state index contributed by atoms with van der Waals surface area (Å²) in [7, 11) is 0. The first kappa shape index (κ1) is 15.1. The molecule has 2 fully saturated rings. The normalized spacial score (nSPS) is 26.3. The summed E-state index contributed by atoms with van der Waals surface area (Å²) in [6, 6.07) is 0. The molecule has 2 heterocycles. The lowest BCUT2D eigenvalue weighted by Gasteiger charge is -2.46. The number of nitrogens with zero attached hydrogens (tertiary/aromatic N) is 1. The quantitative estimate of drug-likeness (QED) is 0.692. The van der Waals surface area contributed by atoms with Crippen LogP contribution in [0.5, 0.6) is 0 Å². The molecule has 2 rings (SSSR count). The van der Waals surface area contributed by atoms with Gasteiger partial charge in [0.1, 0.15) is 5.60 Å². The zero-order valence-electron chi connectivity index (χ0n) is 12.4. The van der Waals surface area contributed by atoms with Gasteiger partial charge in [-0.15, -0.1) is 0 Å². The lowest BCUT2D eigenvalue weighted by Crippen LogP contribution is -2.56. The number of ether oxygens (including phenoxy) is 1. The first-order valence-corrected chi connectivity index (χ1v) is 7.15. The molecular weight excluding hydrogens is 260 g/mol. The molecule has 2 aliphatic rings. The first-order chi connectivity index (χ1) is 9.22. The molecule has 0 saturated carbocycles. The molecule has 6 heteroatoms. The number of carbonyl (C=O) groups is 2. The minimum Gasteiger partial charge on any atom is -0.444 e. The van der Waals surface area contributed by atoms with Gasteiger partial charge in [-0.05, 0) is 33.6 Å². The Morgan fingerprint density at radius 2 is 2.00 bits per heavy atom. The molecule has 2 N–H and O–H groups in total. The molecule has 0 aromatic carbocycles. The van der Waals surface area contributed by atoms with E-state index in [9.17, 15) is 14.7 Å². The second-order valence-corrected chi connectivity index (χ2v) is 6.83. The highest BCUT2D eigenvalue weighted by molar-refractivity contribution is 5.78. The maximum atomic E-state index is 12.0. The highest BCUT2D eigenvalue weighted by atomic mass is 16.6. The van der Waals surface area contributed by atoms with Crippen molar-refractivity contribution in [3.63, 3.8) is 0 Å². The number of carbonyl (C=O) groups excluding carboxylic acids is 2. The number of β-amino-alcohol motifs (C(OH)–C–C–N with tert-alkyl or cyclic N) is 1. The molecule has 1 atom stereocenters. The molecular formula is C14H24N2O4. The second-order valence-electron chi connectivity index (χ2n) is 6.83. The summed E-state index contributed by atoms with van der Waals surface area (Å²) >= 11 is 0. The monoisotopic (exact) mass is 284 g/mol. The minimum atomic E-state index is -0.527. The number of nitrogens with one attached hydrogen (secondary N) is 1. The Hall–Kier alpha value is -1.30. The molecule has 0 aromatic heterocycles. The van der Waals surface area contributed by atoms with Crippen LogP contribution in [0.1, 0.15) is 40.0 Å². The lowest BCUT2D eigenvalue weighted by molar-refractivity contribution is -0.134. The predicted molar refractivity (Wildman–Crippen MR) is 73.1 cm³/mol. The number of piperidine rings is 2. The first-order valence-electron chi connectivity index (χ1n) is 7.15. The van der Waals surface area contributed by atoms with Crippen molar-refractivity contribution in [2.45, 2.75) is 51.7 Å². The maximum absolute atomic E-state index is 12.0. The Kier molecular flexibility index (Phi) is 3.95. The van der Waals surface area contributed by atoms with Crippen molar-refractivity contribution < 1.29 is 19.4 Å². The van der Waals surface area contributed by atoms with E-state index >= 15 is 0 Å². The standard InChI is InChI=1S/C14H24N2O4/c1-13(2,3)20-12(19)16-6-4-14(5-7-16)8-11(18)15-9-10(14)17/h10,17H,4-9H2,1-3H3,(H,15,18). The number of hydrogen-bond acceptors (Lipinski definition) is 4. The molecule has 114 valence electrons. The van der Waals surface area contributed by atoms with E-state index in [0.29, 0.717) is 38.9 Å². The van der Waals surface area contributed by atoms with Crippen molar-refractivity contribution in [1.29, 1.82) is 0 Å². The molecule has 1 unspecified atom stereocenters. The summed E-state index contributed by atoms with van der Waals surface area (Å²) in [6.07, 6.45) is 0.779. The average Bonchev–Trinajstić information content (AvgIpc) is 2.33. The molecule has 1 spiro atoms. The van der Waals surface area contributed by atoms with Crippen molar-refractivity contribution in [2.24, 2.45) is 5.41 Å². The predicted octanol–water partition coefficient (Wildman–Crippen LogP) is 0.884. The van der Waals surface area contributed by atoms with Gasteiger partial charge < -0.3 is 20.1 Å². The van der Waals surface area contributed by atoms with Crippen molar-refractivity contribution in [2.75, 3.05) is 19.6 Å². The van der Waals surface area contributed by atoms with E-state index in [2.05, 4.69) is 5.32 Å². The van der Waals surface area contributed by atoms with Crippen LogP contribution < -0.4 is 5.32 Å². The van der Waals surface area contributed by atoms with E-state index in [1.807, 2.05) is 20.8 Å². The highest BCUT2D eigenvalue weighted by Crippen LogP contribution is 2.40. The van der Waals surface area contributed by atoms with Crippen LogP contribution in [0.25, 0.3) is 0 Å². The van der Waals surface area contributed by atoms with Gasteiger partial charge in [-0.1, -0.05) is 0 Å². The van der Waals surface area contributed by atoms with Gasteiger partial charge >= 0.3 is 6.09 Å². The van der Waals surface area contributed by atoms with Gasteiger partial charge in [0.2, 0.25) is 5.91 Å². The highest BCUT2D eigenvalue weighted by Gasteiger charge is 2.46. The van der Waals surface area contributed by atoms with E-state index in [-0.39, 0.29) is 17.4 Å². The average molecular weight is 284 g/mol. The summed E-state index contributed by atoms with van der Waals surface area (Å²) in [5.41, 5.74) is -0.878. The molecule has 2 aliphatic heterocycles. The van der Waals surface area contributed by atoms with E-state index in [4.69, 9.17) is 4.74 Å². The zero-order valence-corrected chi connectivity index (χ0v) is 12.4. The lowest BCUT2D eigenvalue weighted by atomic mass is 9.69. The summed E-state index contributed by atoms with van der Waals surface area (Å²) < 4.78 is 5.35. The summed E-state index contributed by atoms with van der Waals surface area (Å²) in [5.74, 6) is -0.0129. The van der Waals surface area contributed by atoms with Gasteiger partial charge in [0.05, 0.1) is 6.10 Å². The Balaban J connectivity index is 1.94. The van der Waals surface area contributed by atoms with Crippen LogP contribution in [0.15, 0.2) is 0 Å². The zero-order chi connectivity index (χ0) is 15.0. The summed E-state index contributed by atoms with van der Waals surface area (Å²) in [5, 5.41) is 12.8. The van der Waals surface area contributed by atoms with Crippen LogP contribution in [0.4, 0.5) is 4.79 Å². The van der Waals surface area contributed by atoms with Gasteiger partial charge in [0.15, 0.2) is 0 Å². The number of amides is 2. The Morgan fingerprint density at radius 1 is 1.40 bits per heavy atom. The largest absolute Gasteiger partial charge is 0.444 e. The number of hydrogen-bond donors (Lipinski definition) is 2. The molecule has 0 bridgehead atoms. The molecule has 2 saturated heterocycles. The third-order valence-corrected chi connectivity index (χ3v) is 4.12. The molecule has 0 aliphatic carbocycles. The Bertz CT molecular complexity index is 394. The third kappa shape index (κ3) is 3.23. The van der Waals surface area contributed by atoms with E-state index in [1.54, 1.807) is 4.90 Å². The fraction of sp³-hybridized carbons (Fsp3) is 0.857. The number of likely N-dealkylation sites (tertiary alicyclic amines) is 1. The van der Waals surface area contributed by atoms with Crippen molar-refractivity contribution in [3.8, 4) is 0 Å². The van der Waals surface area contributed by atoms with E-state index in [0.717, 1.165) is 0 Å². The van der Waals surface area contributed by atoms with Gasteiger partial charge in [-0.25, -0.2) is 4.79 Å². The summed E-state index contributed by atoms with van der Waals surface area (Å²) in [4.78, 5) is 25.2. The number of rotatable bonds is 0. The Labute approximate surface area is 119 Å². The van der Waals surface area contributed by atoms with E-state index < -0.39 is 11.7 Å². The van der Waals surface area contributed by atoms with Crippen molar-refractivity contribution in [1.82, 2.24) is 10.2 Å². The van der Waals surface area contributed by atoms with Crippen LogP contribution in [-0.2, 0) is 9.53 Å². The third-order valence-electron chi connectivity index (χ3n) is 4.12. The number of aliphatic hydroxyl groups is 1. The fourth-order valence-electron chi connectivity index (χ4n) is 2.90. The SMILES string of the molecule is CC(C)(C)OC(=O)N1CCC2(CC1)CC(=O)NCC2O. The Morgan fingerprint density at radius 3 is 2.55 bits per heavy atom. The van der Waals surface area contributed by atoms with E-state index in [1.165, 1.54) is 0 Å².